The Morgan fingerprint density at radius 3 is 1.61 bits per heavy atom. The second-order valence-corrected chi connectivity index (χ2v) is 11.0. The number of fused-ring (bicyclic) bond motifs is 1. The van der Waals surface area contributed by atoms with Gasteiger partial charge in [0.15, 0.2) is 5.82 Å². The first kappa shape index (κ1) is 27.2. The lowest BCUT2D eigenvalue weighted by atomic mass is 10.0. The van der Waals surface area contributed by atoms with Gasteiger partial charge in [-0.3, -0.25) is 9.97 Å². The van der Waals surface area contributed by atoms with Crippen LogP contribution in [0.25, 0.3) is 78.6 Å². The molecular weight excluding hydrogens is 562 g/mol. The van der Waals surface area contributed by atoms with E-state index in [1.807, 2.05) is 103 Å². The molecule has 46 heavy (non-hydrogen) atoms. The Hall–Kier alpha value is -6.33. The Morgan fingerprint density at radius 2 is 0.957 bits per heavy atom. The summed E-state index contributed by atoms with van der Waals surface area (Å²) in [4.78, 5) is 24.7. The van der Waals surface area contributed by atoms with Gasteiger partial charge in [0.2, 0.25) is 0 Å². The summed E-state index contributed by atoms with van der Waals surface area (Å²) in [5.74, 6) is 0.617. The maximum atomic E-state index is 5.10. The van der Waals surface area contributed by atoms with Crippen molar-refractivity contribution >= 4 is 10.8 Å². The molecule has 216 valence electrons. The fourth-order valence-corrected chi connectivity index (χ4v) is 5.67. The predicted molar refractivity (Wildman–Crippen MR) is 186 cm³/mol. The highest BCUT2D eigenvalue weighted by atomic mass is 14.9. The summed E-state index contributed by atoms with van der Waals surface area (Å²) in [6.45, 7) is 0. The van der Waals surface area contributed by atoms with Crippen molar-refractivity contribution in [2.45, 2.75) is 0 Å². The van der Waals surface area contributed by atoms with Crippen molar-refractivity contribution in [2.75, 3.05) is 0 Å². The largest absolute Gasteiger partial charge is 0.254 e. The smallest absolute Gasteiger partial charge is 0.161 e. The minimum Gasteiger partial charge on any atom is -0.254 e. The zero-order chi connectivity index (χ0) is 30.7. The van der Waals surface area contributed by atoms with Crippen LogP contribution >= 0.6 is 0 Å². The fourth-order valence-electron chi connectivity index (χ4n) is 5.67. The van der Waals surface area contributed by atoms with Crippen molar-refractivity contribution in [3.8, 4) is 67.8 Å². The summed E-state index contributed by atoms with van der Waals surface area (Å²) in [7, 11) is 0. The third kappa shape index (κ3) is 5.42. The van der Waals surface area contributed by atoms with Crippen LogP contribution in [0.4, 0.5) is 0 Å². The van der Waals surface area contributed by atoms with Gasteiger partial charge in [0, 0.05) is 34.5 Å². The molecule has 0 aliphatic rings. The van der Waals surface area contributed by atoms with E-state index in [2.05, 4.69) is 60.7 Å². The van der Waals surface area contributed by atoms with E-state index in [9.17, 15) is 0 Å². The lowest BCUT2D eigenvalue weighted by molar-refractivity contribution is 1.17. The minimum atomic E-state index is 0.617. The van der Waals surface area contributed by atoms with Crippen LogP contribution in [0.5, 0.6) is 0 Å². The third-order valence-electron chi connectivity index (χ3n) is 8.00. The molecule has 0 aliphatic carbocycles. The summed E-state index contributed by atoms with van der Waals surface area (Å²) < 4.78 is 0. The molecule has 4 aromatic carbocycles. The highest BCUT2D eigenvalue weighted by molar-refractivity contribution is 5.94. The van der Waals surface area contributed by atoms with Crippen LogP contribution in [-0.4, -0.2) is 24.9 Å². The van der Waals surface area contributed by atoms with Gasteiger partial charge in [0.1, 0.15) is 0 Å². The molecule has 4 aromatic heterocycles. The average molecular weight is 590 g/mol. The summed E-state index contributed by atoms with van der Waals surface area (Å²) in [6.07, 6.45) is 3.68. The highest BCUT2D eigenvalue weighted by Gasteiger charge is 2.15. The first-order valence-electron chi connectivity index (χ1n) is 15.2. The van der Waals surface area contributed by atoms with Gasteiger partial charge in [-0.15, -0.1) is 0 Å². The van der Waals surface area contributed by atoms with Crippen molar-refractivity contribution in [1.29, 1.82) is 0 Å². The summed E-state index contributed by atoms with van der Waals surface area (Å²) >= 11 is 0. The van der Waals surface area contributed by atoms with Crippen LogP contribution < -0.4 is 0 Å². The van der Waals surface area contributed by atoms with Gasteiger partial charge in [-0.05, 0) is 52.9 Å². The van der Waals surface area contributed by atoms with E-state index in [-0.39, 0.29) is 0 Å². The first-order valence-corrected chi connectivity index (χ1v) is 15.2. The molecule has 5 nitrogen and oxygen atoms in total. The third-order valence-corrected chi connectivity index (χ3v) is 8.00. The Morgan fingerprint density at radius 1 is 0.348 bits per heavy atom. The number of hydrogen-bond donors (Lipinski definition) is 0. The number of pyridine rings is 3. The standard InChI is InChI=1S/C41H27N5/c1-4-12-28(13-5-1)33-24-38(44-39(25-33)40-34-19-11-10-14-29(34)22-23-42-40)35-21-20-32(27-43-35)41-45-36(30-15-6-2-7-16-30)26-37(46-41)31-17-8-3-9-18-31/h1-27H. The van der Waals surface area contributed by atoms with E-state index in [1.54, 1.807) is 0 Å². The molecule has 0 aliphatic heterocycles. The molecule has 4 heterocycles. The molecule has 0 spiro atoms. The normalized spacial score (nSPS) is 11.0. The molecule has 0 radical (unpaired) electrons. The van der Waals surface area contributed by atoms with E-state index in [4.69, 9.17) is 24.9 Å². The second-order valence-electron chi connectivity index (χ2n) is 11.0. The first-order chi connectivity index (χ1) is 22.8. The molecule has 0 atom stereocenters. The molecule has 0 amide bonds. The van der Waals surface area contributed by atoms with Gasteiger partial charge in [-0.25, -0.2) is 15.0 Å². The van der Waals surface area contributed by atoms with Crippen LogP contribution in [0.1, 0.15) is 0 Å². The number of benzene rings is 4. The topological polar surface area (TPSA) is 64.5 Å². The van der Waals surface area contributed by atoms with Crippen LogP contribution in [0.3, 0.4) is 0 Å². The van der Waals surface area contributed by atoms with E-state index in [0.717, 1.165) is 72.8 Å². The lowest BCUT2D eigenvalue weighted by Gasteiger charge is -2.12. The van der Waals surface area contributed by atoms with Crippen molar-refractivity contribution in [2.24, 2.45) is 0 Å². The lowest BCUT2D eigenvalue weighted by Crippen LogP contribution is -1.97. The Balaban J connectivity index is 1.23. The second kappa shape index (κ2) is 12.0. The van der Waals surface area contributed by atoms with Crippen LogP contribution in [0.2, 0.25) is 0 Å². The SMILES string of the molecule is c1ccc(-c2cc(-c3ccc(-c4nc(-c5ccccc5)cc(-c5ccccc5)n4)cn3)nc(-c3nccc4ccccc34)c2)cc1. The molecule has 0 bridgehead atoms. The van der Waals surface area contributed by atoms with Gasteiger partial charge in [-0.1, -0.05) is 115 Å². The number of hydrogen-bond acceptors (Lipinski definition) is 5. The van der Waals surface area contributed by atoms with Crippen molar-refractivity contribution in [3.63, 3.8) is 0 Å². The van der Waals surface area contributed by atoms with Crippen LogP contribution in [0, 0.1) is 0 Å². The Labute approximate surface area is 267 Å². The number of aromatic nitrogens is 5. The van der Waals surface area contributed by atoms with Crippen LogP contribution in [0.15, 0.2) is 164 Å². The van der Waals surface area contributed by atoms with E-state index >= 15 is 0 Å². The van der Waals surface area contributed by atoms with Crippen LogP contribution in [-0.2, 0) is 0 Å². The molecular formula is C41H27N5. The number of nitrogens with zero attached hydrogens (tertiary/aromatic N) is 5. The van der Waals surface area contributed by atoms with E-state index in [0.29, 0.717) is 5.82 Å². The molecule has 8 aromatic rings. The molecule has 0 fully saturated rings. The molecule has 0 saturated carbocycles. The van der Waals surface area contributed by atoms with Crippen molar-refractivity contribution < 1.29 is 0 Å². The zero-order valence-electron chi connectivity index (χ0n) is 24.8. The van der Waals surface area contributed by atoms with Crippen molar-refractivity contribution in [1.82, 2.24) is 24.9 Å². The van der Waals surface area contributed by atoms with E-state index < -0.39 is 0 Å². The summed E-state index contributed by atoms with van der Waals surface area (Å²) in [5, 5.41) is 2.18. The quantitative estimate of drug-likeness (QED) is 0.193. The van der Waals surface area contributed by atoms with Crippen molar-refractivity contribution in [3.05, 3.63) is 164 Å². The highest BCUT2D eigenvalue weighted by Crippen LogP contribution is 2.33. The molecule has 0 saturated heterocycles. The van der Waals surface area contributed by atoms with Gasteiger partial charge in [0.05, 0.1) is 34.2 Å². The average Bonchev–Trinajstić information content (AvgIpc) is 3.15. The van der Waals surface area contributed by atoms with Gasteiger partial charge < -0.3 is 0 Å². The van der Waals surface area contributed by atoms with Gasteiger partial charge in [-0.2, -0.15) is 0 Å². The molecule has 8 rings (SSSR count). The van der Waals surface area contributed by atoms with Gasteiger partial charge >= 0.3 is 0 Å². The maximum Gasteiger partial charge on any atom is 0.161 e. The summed E-state index contributed by atoms with van der Waals surface area (Å²) in [6, 6.07) is 51.2. The van der Waals surface area contributed by atoms with E-state index in [1.165, 1.54) is 0 Å². The monoisotopic (exact) mass is 589 g/mol. The summed E-state index contributed by atoms with van der Waals surface area (Å²) in [5.41, 5.74) is 9.92. The van der Waals surface area contributed by atoms with Gasteiger partial charge in [0.25, 0.3) is 0 Å². The zero-order valence-corrected chi connectivity index (χ0v) is 24.8. The Bertz CT molecular complexity index is 2220. The molecule has 5 heteroatoms. The predicted octanol–water partition coefficient (Wildman–Crippen LogP) is 9.82. The molecule has 0 unspecified atom stereocenters. The minimum absolute atomic E-state index is 0.617. The Kier molecular flexibility index (Phi) is 7.09. The number of rotatable bonds is 6. The fraction of sp³-hybridized carbons (Fsp3) is 0. The molecule has 0 N–H and O–H groups in total. The maximum absolute atomic E-state index is 5.10.